The average Bonchev–Trinajstić information content (AvgIpc) is 3.24. The van der Waals surface area contributed by atoms with Crippen molar-refractivity contribution in [1.82, 2.24) is 5.32 Å². The summed E-state index contributed by atoms with van der Waals surface area (Å²) < 4.78 is 5.57. The zero-order valence-electron chi connectivity index (χ0n) is 19.3. The van der Waals surface area contributed by atoms with Crippen LogP contribution in [-0.4, -0.2) is 30.9 Å². The van der Waals surface area contributed by atoms with E-state index in [2.05, 4.69) is 10.6 Å². The summed E-state index contributed by atoms with van der Waals surface area (Å²) in [7, 11) is 0. The Balaban J connectivity index is 1.26. The molecule has 0 unspecified atom stereocenters. The van der Waals surface area contributed by atoms with Gasteiger partial charge in [-0.15, -0.1) is 0 Å². The van der Waals surface area contributed by atoms with Crippen molar-refractivity contribution in [3.05, 3.63) is 88.9 Å². The summed E-state index contributed by atoms with van der Waals surface area (Å²) in [5.41, 5.74) is 3.39. The van der Waals surface area contributed by atoms with E-state index in [9.17, 15) is 14.4 Å². The molecule has 0 bridgehead atoms. The number of ether oxygens (including phenoxy) is 1. The first-order valence-electron chi connectivity index (χ1n) is 11.3. The first-order chi connectivity index (χ1) is 16.9. The Labute approximate surface area is 209 Å². The summed E-state index contributed by atoms with van der Waals surface area (Å²) in [6.45, 7) is 2.51. The maximum atomic E-state index is 12.6. The van der Waals surface area contributed by atoms with Crippen LogP contribution in [0.15, 0.2) is 72.8 Å². The quantitative estimate of drug-likeness (QED) is 0.491. The molecule has 0 radical (unpaired) electrons. The van der Waals surface area contributed by atoms with Gasteiger partial charge in [-0.05, 0) is 66.6 Å². The molecule has 3 aromatic rings. The van der Waals surface area contributed by atoms with E-state index in [1.165, 1.54) is 0 Å². The van der Waals surface area contributed by atoms with E-state index in [-0.39, 0.29) is 30.7 Å². The lowest BCUT2D eigenvalue weighted by molar-refractivity contribution is -0.126. The van der Waals surface area contributed by atoms with Crippen molar-refractivity contribution in [2.24, 2.45) is 5.92 Å². The van der Waals surface area contributed by atoms with Gasteiger partial charge in [0.25, 0.3) is 5.91 Å². The van der Waals surface area contributed by atoms with Gasteiger partial charge in [0.15, 0.2) is 6.61 Å². The van der Waals surface area contributed by atoms with Gasteiger partial charge in [0.2, 0.25) is 11.8 Å². The van der Waals surface area contributed by atoms with Crippen molar-refractivity contribution in [3.8, 4) is 5.75 Å². The highest BCUT2D eigenvalue weighted by atomic mass is 35.5. The summed E-state index contributed by atoms with van der Waals surface area (Å²) in [5, 5.41) is 6.32. The minimum Gasteiger partial charge on any atom is -0.484 e. The molecule has 1 heterocycles. The van der Waals surface area contributed by atoms with Crippen molar-refractivity contribution >= 4 is 40.7 Å². The summed E-state index contributed by atoms with van der Waals surface area (Å²) in [5.74, 6) is -0.437. The molecule has 7 nitrogen and oxygen atoms in total. The van der Waals surface area contributed by atoms with Gasteiger partial charge in [-0.3, -0.25) is 14.4 Å². The molecule has 4 rings (SSSR count). The van der Waals surface area contributed by atoms with Gasteiger partial charge in [-0.2, -0.15) is 0 Å². The molecule has 0 aromatic heterocycles. The summed E-state index contributed by atoms with van der Waals surface area (Å²) in [4.78, 5) is 38.9. The largest absolute Gasteiger partial charge is 0.484 e. The van der Waals surface area contributed by atoms with E-state index in [4.69, 9.17) is 16.3 Å². The number of anilines is 2. The number of nitrogens with one attached hydrogen (secondary N) is 2. The average molecular weight is 492 g/mol. The van der Waals surface area contributed by atoms with E-state index >= 15 is 0 Å². The zero-order chi connectivity index (χ0) is 24.8. The van der Waals surface area contributed by atoms with Gasteiger partial charge in [0.05, 0.1) is 5.92 Å². The van der Waals surface area contributed by atoms with E-state index in [0.29, 0.717) is 35.2 Å². The molecule has 2 N–H and O–H groups in total. The first-order valence-corrected chi connectivity index (χ1v) is 11.7. The molecule has 3 amide bonds. The topological polar surface area (TPSA) is 87.7 Å². The number of amides is 3. The van der Waals surface area contributed by atoms with Crippen LogP contribution in [0, 0.1) is 12.8 Å². The molecule has 180 valence electrons. The molecule has 0 saturated carbocycles. The third-order valence-corrected chi connectivity index (χ3v) is 5.95. The lowest BCUT2D eigenvalue weighted by Crippen LogP contribution is -2.32. The lowest BCUT2D eigenvalue weighted by atomic mass is 10.1. The van der Waals surface area contributed by atoms with E-state index < -0.39 is 5.92 Å². The third-order valence-electron chi connectivity index (χ3n) is 5.70. The number of hydrogen-bond acceptors (Lipinski definition) is 4. The number of aryl methyl sites for hydroxylation is 1. The zero-order valence-corrected chi connectivity index (χ0v) is 20.0. The Morgan fingerprint density at radius 2 is 1.80 bits per heavy atom. The smallest absolute Gasteiger partial charge is 0.262 e. The van der Waals surface area contributed by atoms with E-state index in [1.54, 1.807) is 41.3 Å². The van der Waals surface area contributed by atoms with Gasteiger partial charge < -0.3 is 20.3 Å². The second kappa shape index (κ2) is 11.1. The van der Waals surface area contributed by atoms with Gasteiger partial charge >= 0.3 is 0 Å². The molecule has 8 heteroatoms. The maximum Gasteiger partial charge on any atom is 0.262 e. The Morgan fingerprint density at radius 3 is 2.51 bits per heavy atom. The standard InChI is InChI=1S/C27H26ClN3O4/c1-18-3-2-4-22(13-18)30-25(32)17-35-24-11-9-23(10-12-24)31-16-20(14-26(31)33)27(34)29-15-19-5-7-21(28)8-6-19/h2-13,20H,14-17H2,1H3,(H,29,34)(H,30,32)/t20-/m1/s1. The van der Waals surface area contributed by atoms with Crippen LogP contribution < -0.4 is 20.3 Å². The van der Waals surface area contributed by atoms with Crippen molar-refractivity contribution in [3.63, 3.8) is 0 Å². The number of benzene rings is 3. The van der Waals surface area contributed by atoms with Crippen molar-refractivity contribution < 1.29 is 19.1 Å². The highest BCUT2D eigenvalue weighted by molar-refractivity contribution is 6.30. The lowest BCUT2D eigenvalue weighted by Gasteiger charge is -2.17. The van der Waals surface area contributed by atoms with Crippen LogP contribution in [-0.2, 0) is 20.9 Å². The molecule has 0 spiro atoms. The van der Waals surface area contributed by atoms with Crippen molar-refractivity contribution in [2.45, 2.75) is 19.9 Å². The molecule has 1 atom stereocenters. The van der Waals surface area contributed by atoms with Crippen LogP contribution in [0.25, 0.3) is 0 Å². The van der Waals surface area contributed by atoms with Gasteiger partial charge in [-0.25, -0.2) is 0 Å². The monoisotopic (exact) mass is 491 g/mol. The van der Waals surface area contributed by atoms with Crippen LogP contribution in [0.4, 0.5) is 11.4 Å². The fourth-order valence-electron chi connectivity index (χ4n) is 3.86. The number of halogens is 1. The summed E-state index contributed by atoms with van der Waals surface area (Å²) in [6, 6.07) is 21.7. The Hall–Kier alpha value is -3.84. The van der Waals surface area contributed by atoms with Crippen LogP contribution in [0.2, 0.25) is 5.02 Å². The summed E-state index contributed by atoms with van der Waals surface area (Å²) in [6.07, 6.45) is 0.157. The second-order valence-electron chi connectivity index (χ2n) is 8.45. The summed E-state index contributed by atoms with van der Waals surface area (Å²) >= 11 is 5.89. The van der Waals surface area contributed by atoms with Crippen molar-refractivity contribution in [1.29, 1.82) is 0 Å². The molecule has 35 heavy (non-hydrogen) atoms. The minimum atomic E-state index is -0.420. The number of nitrogens with zero attached hydrogens (tertiary/aromatic N) is 1. The maximum absolute atomic E-state index is 12.6. The van der Waals surface area contributed by atoms with Gasteiger partial charge in [-0.1, -0.05) is 35.9 Å². The minimum absolute atomic E-state index is 0.108. The molecule has 1 aliphatic rings. The molecule has 1 saturated heterocycles. The number of carbonyl (C=O) groups is 3. The molecular formula is C27H26ClN3O4. The third kappa shape index (κ3) is 6.61. The number of hydrogen-bond donors (Lipinski definition) is 2. The number of carbonyl (C=O) groups excluding carboxylic acids is 3. The second-order valence-corrected chi connectivity index (χ2v) is 8.89. The Bertz CT molecular complexity index is 1210. The Kier molecular flexibility index (Phi) is 7.67. The molecular weight excluding hydrogens is 466 g/mol. The fraction of sp³-hybridized carbons (Fsp3) is 0.222. The van der Waals surface area contributed by atoms with Crippen LogP contribution in [0.3, 0.4) is 0 Å². The molecule has 3 aromatic carbocycles. The van der Waals surface area contributed by atoms with E-state index in [0.717, 1.165) is 11.1 Å². The fourth-order valence-corrected chi connectivity index (χ4v) is 3.99. The van der Waals surface area contributed by atoms with Crippen molar-refractivity contribution in [2.75, 3.05) is 23.4 Å². The molecule has 1 aliphatic heterocycles. The predicted molar refractivity (Wildman–Crippen MR) is 136 cm³/mol. The van der Waals surface area contributed by atoms with Gasteiger partial charge in [0.1, 0.15) is 5.75 Å². The normalized spacial score (nSPS) is 15.1. The van der Waals surface area contributed by atoms with Crippen LogP contribution in [0.5, 0.6) is 5.75 Å². The van der Waals surface area contributed by atoms with E-state index in [1.807, 2.05) is 43.3 Å². The highest BCUT2D eigenvalue weighted by Gasteiger charge is 2.35. The van der Waals surface area contributed by atoms with Gasteiger partial charge in [0, 0.05) is 35.9 Å². The van der Waals surface area contributed by atoms with Crippen LogP contribution >= 0.6 is 11.6 Å². The predicted octanol–water partition coefficient (Wildman–Crippen LogP) is 4.34. The molecule has 1 fully saturated rings. The SMILES string of the molecule is Cc1cccc(NC(=O)COc2ccc(N3C[C@H](C(=O)NCc4ccc(Cl)cc4)CC3=O)cc2)c1. The highest BCUT2D eigenvalue weighted by Crippen LogP contribution is 2.27. The van der Waals surface area contributed by atoms with Crippen LogP contribution in [0.1, 0.15) is 17.5 Å². The first kappa shape index (κ1) is 24.3. The Morgan fingerprint density at radius 1 is 1.06 bits per heavy atom. The number of rotatable bonds is 8. The molecule has 0 aliphatic carbocycles.